The molecule has 16 heavy (non-hydrogen) atoms. The summed E-state index contributed by atoms with van der Waals surface area (Å²) in [6.45, 7) is 6.24. The topological polar surface area (TPSA) is 32.3 Å². The SMILES string of the molecule is CCN(CC)c1ccc(NC(=O)CBr)cc1. The highest BCUT2D eigenvalue weighted by Gasteiger charge is 2.02. The van der Waals surface area contributed by atoms with Crippen LogP contribution >= 0.6 is 15.9 Å². The molecule has 0 aliphatic rings. The molecule has 0 aromatic heterocycles. The zero-order chi connectivity index (χ0) is 12.0. The van der Waals surface area contributed by atoms with Gasteiger partial charge in [0.15, 0.2) is 0 Å². The fraction of sp³-hybridized carbons (Fsp3) is 0.417. The Morgan fingerprint density at radius 3 is 2.25 bits per heavy atom. The molecule has 88 valence electrons. The summed E-state index contributed by atoms with van der Waals surface area (Å²) in [7, 11) is 0. The lowest BCUT2D eigenvalue weighted by atomic mass is 10.2. The van der Waals surface area contributed by atoms with Crippen molar-refractivity contribution in [3.05, 3.63) is 24.3 Å². The van der Waals surface area contributed by atoms with Gasteiger partial charge in [-0.3, -0.25) is 4.79 Å². The Kier molecular flexibility index (Phi) is 5.32. The maximum Gasteiger partial charge on any atom is 0.235 e. The summed E-state index contributed by atoms with van der Waals surface area (Å²) in [6.07, 6.45) is 0. The van der Waals surface area contributed by atoms with Gasteiger partial charge in [0.05, 0.1) is 5.33 Å². The number of alkyl halides is 1. The van der Waals surface area contributed by atoms with Crippen LogP contribution in [0.25, 0.3) is 0 Å². The number of carbonyl (C=O) groups excluding carboxylic acids is 1. The number of carbonyl (C=O) groups is 1. The number of amides is 1. The van der Waals surface area contributed by atoms with E-state index in [4.69, 9.17) is 0 Å². The summed E-state index contributed by atoms with van der Waals surface area (Å²) in [5, 5.41) is 3.11. The number of anilines is 2. The molecule has 0 saturated heterocycles. The summed E-state index contributed by atoms with van der Waals surface area (Å²) >= 11 is 3.11. The maximum absolute atomic E-state index is 11.1. The molecule has 0 radical (unpaired) electrons. The van der Waals surface area contributed by atoms with Crippen LogP contribution in [0.15, 0.2) is 24.3 Å². The Morgan fingerprint density at radius 2 is 1.81 bits per heavy atom. The van der Waals surface area contributed by atoms with Gasteiger partial charge >= 0.3 is 0 Å². The first-order valence-electron chi connectivity index (χ1n) is 5.42. The molecule has 4 heteroatoms. The highest BCUT2D eigenvalue weighted by Crippen LogP contribution is 2.17. The second-order valence-electron chi connectivity index (χ2n) is 3.40. The van der Waals surface area contributed by atoms with Crippen LogP contribution in [0.2, 0.25) is 0 Å². The van der Waals surface area contributed by atoms with Crippen molar-refractivity contribution in [2.75, 3.05) is 28.6 Å². The van der Waals surface area contributed by atoms with Gasteiger partial charge < -0.3 is 10.2 Å². The van der Waals surface area contributed by atoms with Crippen molar-refractivity contribution >= 4 is 33.2 Å². The van der Waals surface area contributed by atoms with Gasteiger partial charge in [0, 0.05) is 24.5 Å². The number of halogens is 1. The molecule has 3 nitrogen and oxygen atoms in total. The van der Waals surface area contributed by atoms with Gasteiger partial charge in [0.1, 0.15) is 0 Å². The third-order valence-corrected chi connectivity index (χ3v) is 2.91. The van der Waals surface area contributed by atoms with E-state index in [0.717, 1.165) is 18.8 Å². The fourth-order valence-corrected chi connectivity index (χ4v) is 1.68. The largest absolute Gasteiger partial charge is 0.372 e. The van der Waals surface area contributed by atoms with Gasteiger partial charge in [0.2, 0.25) is 5.91 Å². The quantitative estimate of drug-likeness (QED) is 0.844. The summed E-state index contributed by atoms with van der Waals surface area (Å²) in [6, 6.07) is 7.90. The van der Waals surface area contributed by atoms with Crippen molar-refractivity contribution in [2.24, 2.45) is 0 Å². The standard InChI is InChI=1S/C12H17BrN2O/c1-3-15(4-2)11-7-5-10(6-8-11)14-12(16)9-13/h5-8H,3-4,9H2,1-2H3,(H,14,16). The van der Waals surface area contributed by atoms with Crippen molar-refractivity contribution in [3.8, 4) is 0 Å². The lowest BCUT2D eigenvalue weighted by molar-refractivity contribution is -0.113. The van der Waals surface area contributed by atoms with Crippen molar-refractivity contribution in [2.45, 2.75) is 13.8 Å². The predicted octanol–water partition coefficient (Wildman–Crippen LogP) is 2.87. The van der Waals surface area contributed by atoms with Gasteiger partial charge in [0.25, 0.3) is 0 Å². The minimum atomic E-state index is -0.0319. The smallest absolute Gasteiger partial charge is 0.235 e. The minimum Gasteiger partial charge on any atom is -0.372 e. The first-order chi connectivity index (χ1) is 7.71. The van der Waals surface area contributed by atoms with Crippen LogP contribution in [-0.2, 0) is 4.79 Å². The molecule has 0 unspecified atom stereocenters. The highest BCUT2D eigenvalue weighted by atomic mass is 79.9. The number of benzene rings is 1. The van der Waals surface area contributed by atoms with Gasteiger partial charge in [-0.1, -0.05) is 15.9 Å². The Bertz CT molecular complexity index is 333. The Labute approximate surface area is 105 Å². The molecule has 0 bridgehead atoms. The van der Waals surface area contributed by atoms with E-state index >= 15 is 0 Å². The molecular weight excluding hydrogens is 268 g/mol. The maximum atomic E-state index is 11.1. The van der Waals surface area contributed by atoms with E-state index in [2.05, 4.69) is 40.0 Å². The first-order valence-corrected chi connectivity index (χ1v) is 6.54. The van der Waals surface area contributed by atoms with Crippen molar-refractivity contribution in [1.82, 2.24) is 0 Å². The summed E-state index contributed by atoms with van der Waals surface area (Å²) in [5.41, 5.74) is 2.02. The van der Waals surface area contributed by atoms with E-state index < -0.39 is 0 Å². The number of nitrogens with zero attached hydrogens (tertiary/aromatic N) is 1. The number of hydrogen-bond donors (Lipinski definition) is 1. The summed E-state index contributed by atoms with van der Waals surface area (Å²) in [5.74, 6) is -0.0319. The third-order valence-electron chi connectivity index (χ3n) is 2.40. The molecule has 0 aliphatic carbocycles. The van der Waals surface area contributed by atoms with Crippen LogP contribution < -0.4 is 10.2 Å². The molecule has 1 amide bonds. The minimum absolute atomic E-state index is 0.0319. The molecule has 0 atom stereocenters. The van der Waals surface area contributed by atoms with Gasteiger partial charge in [-0.2, -0.15) is 0 Å². The van der Waals surface area contributed by atoms with Gasteiger partial charge in [-0.25, -0.2) is 0 Å². The zero-order valence-electron chi connectivity index (χ0n) is 9.66. The lowest BCUT2D eigenvalue weighted by Crippen LogP contribution is -2.21. The van der Waals surface area contributed by atoms with Crippen molar-refractivity contribution in [3.63, 3.8) is 0 Å². The second kappa shape index (κ2) is 6.53. The fourth-order valence-electron chi connectivity index (χ4n) is 1.54. The molecule has 1 N–H and O–H groups in total. The van der Waals surface area contributed by atoms with Crippen LogP contribution in [0.4, 0.5) is 11.4 Å². The molecule has 0 aliphatic heterocycles. The van der Waals surface area contributed by atoms with Gasteiger partial charge in [-0.15, -0.1) is 0 Å². The molecular formula is C12H17BrN2O. The highest BCUT2D eigenvalue weighted by molar-refractivity contribution is 9.09. The molecule has 0 heterocycles. The van der Waals surface area contributed by atoms with Crippen LogP contribution in [-0.4, -0.2) is 24.3 Å². The monoisotopic (exact) mass is 284 g/mol. The zero-order valence-corrected chi connectivity index (χ0v) is 11.3. The third kappa shape index (κ3) is 3.52. The Hall–Kier alpha value is -1.03. The van der Waals surface area contributed by atoms with E-state index in [1.54, 1.807) is 0 Å². The number of hydrogen-bond acceptors (Lipinski definition) is 2. The molecule has 1 aromatic rings. The lowest BCUT2D eigenvalue weighted by Gasteiger charge is -2.21. The Morgan fingerprint density at radius 1 is 1.25 bits per heavy atom. The number of nitrogens with one attached hydrogen (secondary N) is 1. The van der Waals surface area contributed by atoms with Gasteiger partial charge in [-0.05, 0) is 38.1 Å². The van der Waals surface area contributed by atoms with E-state index in [9.17, 15) is 4.79 Å². The Balaban J connectivity index is 2.70. The van der Waals surface area contributed by atoms with Crippen molar-refractivity contribution in [1.29, 1.82) is 0 Å². The second-order valence-corrected chi connectivity index (χ2v) is 3.96. The predicted molar refractivity (Wildman–Crippen MR) is 72.4 cm³/mol. The summed E-state index contributed by atoms with van der Waals surface area (Å²) < 4.78 is 0. The van der Waals surface area contributed by atoms with Crippen LogP contribution in [0, 0.1) is 0 Å². The van der Waals surface area contributed by atoms with E-state index in [1.807, 2.05) is 24.3 Å². The van der Waals surface area contributed by atoms with Crippen LogP contribution in [0.3, 0.4) is 0 Å². The average molecular weight is 285 g/mol. The first kappa shape index (κ1) is 13.0. The molecule has 0 saturated carbocycles. The molecule has 1 aromatic carbocycles. The number of rotatable bonds is 5. The normalized spacial score (nSPS) is 9.94. The van der Waals surface area contributed by atoms with Crippen molar-refractivity contribution < 1.29 is 4.79 Å². The van der Waals surface area contributed by atoms with E-state index in [0.29, 0.717) is 5.33 Å². The average Bonchev–Trinajstić information content (AvgIpc) is 2.32. The summed E-state index contributed by atoms with van der Waals surface area (Å²) in [4.78, 5) is 13.4. The van der Waals surface area contributed by atoms with Crippen LogP contribution in [0.5, 0.6) is 0 Å². The molecule has 0 spiro atoms. The van der Waals surface area contributed by atoms with E-state index in [-0.39, 0.29) is 5.91 Å². The molecule has 1 rings (SSSR count). The molecule has 0 fully saturated rings. The van der Waals surface area contributed by atoms with Crippen LogP contribution in [0.1, 0.15) is 13.8 Å². The van der Waals surface area contributed by atoms with E-state index in [1.165, 1.54) is 5.69 Å².